The molecule has 0 aromatic heterocycles. The average Bonchev–Trinajstić information content (AvgIpc) is 1.65. The summed E-state index contributed by atoms with van der Waals surface area (Å²) in [4.78, 5) is 0. The Hall–Kier alpha value is 0.373. The zero-order valence-corrected chi connectivity index (χ0v) is 8.45. The van der Waals surface area contributed by atoms with Gasteiger partial charge in [0.25, 0.3) is 0 Å². The molecule has 7 heavy (non-hydrogen) atoms. The van der Waals surface area contributed by atoms with Crippen LogP contribution in [-0.4, -0.2) is 21.8 Å². The standard InChI is InChI=1S/C3H4N.2CH3.Bi/c1-2-3-4;;;/h2H,1H3;2*1H3;. The van der Waals surface area contributed by atoms with Crippen molar-refractivity contribution in [2.24, 2.45) is 0 Å². The van der Waals surface area contributed by atoms with Gasteiger partial charge < -0.3 is 0 Å². The predicted octanol–water partition coefficient (Wildman–Crippen LogP) is 1.65. The molecule has 0 aromatic carbocycles. The van der Waals surface area contributed by atoms with Gasteiger partial charge >= 0.3 is 52.9 Å². The molecule has 0 spiro atoms. The first-order valence-electron chi connectivity index (χ1n) is 2.24. The number of nitrogens with zero attached hydrogens (tertiary/aromatic N) is 1. The summed E-state index contributed by atoms with van der Waals surface area (Å²) < 4.78 is 4.92. The van der Waals surface area contributed by atoms with E-state index in [9.17, 15) is 0 Å². The molecule has 0 amide bonds. The Morgan fingerprint density at radius 2 is 2.00 bits per heavy atom. The van der Waals surface area contributed by atoms with Gasteiger partial charge in [0.15, 0.2) is 0 Å². The van der Waals surface area contributed by atoms with Crippen LogP contribution in [0.5, 0.6) is 0 Å². The Kier molecular flexibility index (Phi) is 3.56. The number of hydrogen-bond acceptors (Lipinski definition) is 1. The van der Waals surface area contributed by atoms with Crippen LogP contribution in [0.4, 0.5) is 0 Å². The first-order chi connectivity index (χ1) is 3.18. The molecule has 0 rings (SSSR count). The van der Waals surface area contributed by atoms with Gasteiger partial charge in [-0.2, -0.15) is 0 Å². The first-order valence-corrected chi connectivity index (χ1v) is 11.2. The number of hydrogen-bond donors (Lipinski definition) is 0. The molecule has 40 valence electrons. The Labute approximate surface area is 53.0 Å². The molecule has 0 radical (unpaired) electrons. The first kappa shape index (κ1) is 7.37. The minimum atomic E-state index is -1.15. The zero-order valence-electron chi connectivity index (χ0n) is 4.97. The van der Waals surface area contributed by atoms with Crippen LogP contribution < -0.4 is 0 Å². The molecule has 0 bridgehead atoms. The van der Waals surface area contributed by atoms with Gasteiger partial charge in [0.2, 0.25) is 0 Å². The second-order valence-corrected chi connectivity index (χ2v) is 12.3. The van der Waals surface area contributed by atoms with Gasteiger partial charge in [0.1, 0.15) is 0 Å². The van der Waals surface area contributed by atoms with Gasteiger partial charge in [0.05, 0.1) is 0 Å². The van der Waals surface area contributed by atoms with E-state index in [4.69, 9.17) is 5.26 Å². The molecule has 0 aliphatic rings. The van der Waals surface area contributed by atoms with Crippen LogP contribution >= 0.6 is 0 Å². The van der Waals surface area contributed by atoms with Crippen LogP contribution in [0, 0.1) is 11.3 Å². The fourth-order valence-corrected chi connectivity index (χ4v) is 1.01. The summed E-state index contributed by atoms with van der Waals surface area (Å²) in [5.74, 6) is 0. The molecule has 0 aliphatic carbocycles. The van der Waals surface area contributed by atoms with Crippen LogP contribution in [0.2, 0.25) is 12.9 Å². The molecule has 2 heteroatoms. The van der Waals surface area contributed by atoms with E-state index in [1.54, 1.807) is 0 Å². The fraction of sp³-hybridized carbons (Fsp3) is 0.800. The van der Waals surface area contributed by atoms with Crippen molar-refractivity contribution in [1.82, 2.24) is 0 Å². The summed E-state index contributed by atoms with van der Waals surface area (Å²) in [6.45, 7) is 2.03. The van der Waals surface area contributed by atoms with Gasteiger partial charge in [-0.25, -0.2) is 0 Å². The molecule has 1 unspecified atom stereocenters. The second kappa shape index (κ2) is 3.38. The summed E-state index contributed by atoms with van der Waals surface area (Å²) in [7, 11) is 0. The van der Waals surface area contributed by atoms with Crippen molar-refractivity contribution in [3.63, 3.8) is 0 Å². The van der Waals surface area contributed by atoms with E-state index >= 15 is 0 Å². The summed E-state index contributed by atoms with van der Waals surface area (Å²) in [5.41, 5.74) is 0. The van der Waals surface area contributed by atoms with Gasteiger partial charge in [-0.15, -0.1) is 0 Å². The maximum absolute atomic E-state index is 8.31. The van der Waals surface area contributed by atoms with Gasteiger partial charge in [-0.05, 0) is 0 Å². The minimum absolute atomic E-state index is 0.412. The number of rotatable bonds is 1. The summed E-state index contributed by atoms with van der Waals surface area (Å²) in [6.07, 6.45) is 0. The van der Waals surface area contributed by atoms with Crippen LogP contribution in [0.3, 0.4) is 0 Å². The van der Waals surface area contributed by atoms with E-state index < -0.39 is 21.8 Å². The van der Waals surface area contributed by atoms with E-state index in [-0.39, 0.29) is 0 Å². The molecule has 0 aliphatic heterocycles. The molecule has 0 N–H and O–H groups in total. The van der Waals surface area contributed by atoms with E-state index in [2.05, 4.69) is 15.3 Å². The second-order valence-electron chi connectivity index (χ2n) is 1.77. The normalized spacial score (nSPS) is 13.6. The molecule has 1 nitrogen and oxygen atoms in total. The van der Waals surface area contributed by atoms with E-state index in [1.165, 1.54) is 0 Å². The van der Waals surface area contributed by atoms with Crippen LogP contribution in [0.15, 0.2) is 0 Å². The van der Waals surface area contributed by atoms with Crippen molar-refractivity contribution in [2.45, 2.75) is 19.8 Å². The zero-order chi connectivity index (χ0) is 5.86. The van der Waals surface area contributed by atoms with E-state index in [1.807, 2.05) is 6.92 Å². The van der Waals surface area contributed by atoms with Crippen LogP contribution in [-0.2, 0) is 0 Å². The Morgan fingerprint density at radius 3 is 2.00 bits per heavy atom. The van der Waals surface area contributed by atoms with Crippen molar-refractivity contribution in [3.8, 4) is 6.07 Å². The van der Waals surface area contributed by atoms with Crippen molar-refractivity contribution in [3.05, 3.63) is 0 Å². The number of nitriles is 1. The van der Waals surface area contributed by atoms with Crippen molar-refractivity contribution < 1.29 is 0 Å². The Balaban J connectivity index is 3.40. The molecule has 0 heterocycles. The van der Waals surface area contributed by atoms with Crippen molar-refractivity contribution in [1.29, 1.82) is 5.26 Å². The molecule has 1 atom stereocenters. The molecular formula is C5H10BiN. The summed E-state index contributed by atoms with van der Waals surface area (Å²) in [5, 5.41) is 8.31. The van der Waals surface area contributed by atoms with Crippen molar-refractivity contribution >= 4 is 21.8 Å². The van der Waals surface area contributed by atoms with Crippen molar-refractivity contribution in [2.75, 3.05) is 0 Å². The van der Waals surface area contributed by atoms with Gasteiger partial charge in [-0.3, -0.25) is 0 Å². The Bertz CT molecular complexity index is 82.6. The molecule has 0 fully saturated rings. The molecular weight excluding hydrogens is 283 g/mol. The third-order valence-electron chi connectivity index (χ3n) is 0.961. The van der Waals surface area contributed by atoms with E-state index in [0.29, 0.717) is 3.63 Å². The molecule has 0 saturated heterocycles. The van der Waals surface area contributed by atoms with Crippen LogP contribution in [0.1, 0.15) is 6.92 Å². The Morgan fingerprint density at radius 1 is 1.57 bits per heavy atom. The third kappa shape index (κ3) is 3.00. The topological polar surface area (TPSA) is 23.8 Å². The average molecular weight is 293 g/mol. The monoisotopic (exact) mass is 293 g/mol. The molecule has 0 aromatic rings. The maximum atomic E-state index is 8.31. The van der Waals surface area contributed by atoms with Gasteiger partial charge in [0, 0.05) is 0 Å². The predicted molar refractivity (Wildman–Crippen MR) is 32.5 cm³/mol. The fourth-order valence-electron chi connectivity index (χ4n) is 0.115. The van der Waals surface area contributed by atoms with Crippen LogP contribution in [0.25, 0.3) is 0 Å². The summed E-state index contributed by atoms with van der Waals surface area (Å²) >= 11 is -1.15. The van der Waals surface area contributed by atoms with E-state index in [0.717, 1.165) is 0 Å². The summed E-state index contributed by atoms with van der Waals surface area (Å²) in [6, 6.07) is 2.25. The SMILES string of the molecule is C[CH](C#N)[Bi]([CH3])[CH3]. The quantitative estimate of drug-likeness (QED) is 0.675. The third-order valence-corrected chi connectivity index (χ3v) is 7.43. The molecule has 0 saturated carbocycles. The van der Waals surface area contributed by atoms with Gasteiger partial charge in [-0.1, -0.05) is 0 Å².